The van der Waals surface area contributed by atoms with Crippen LogP contribution in [-0.4, -0.2) is 15.0 Å². The predicted molar refractivity (Wildman–Crippen MR) is 90.5 cm³/mol. The topological polar surface area (TPSA) is 46.2 Å². The predicted octanol–water partition coefficient (Wildman–Crippen LogP) is 3.60. The van der Waals surface area contributed by atoms with E-state index in [-0.39, 0.29) is 0 Å². The average molecular weight is 317 g/mol. The molecule has 118 valence electrons. The Morgan fingerprint density at radius 3 is 2.41 bits per heavy atom. The van der Waals surface area contributed by atoms with Gasteiger partial charge in [-0.3, -0.25) is 0 Å². The van der Waals surface area contributed by atoms with Crippen LogP contribution in [0.3, 0.4) is 0 Å². The minimum Gasteiger partial charge on any atom is -0.211 e. The molecule has 0 heterocycles. The van der Waals surface area contributed by atoms with Crippen LogP contribution < -0.4 is 4.72 Å². The van der Waals surface area contributed by atoms with E-state index >= 15 is 0 Å². The molecule has 0 aliphatic carbocycles. The Labute approximate surface area is 133 Å². The monoisotopic (exact) mass is 317 g/mol. The highest BCUT2D eigenvalue weighted by Gasteiger charge is 2.15. The Morgan fingerprint density at radius 2 is 1.68 bits per heavy atom. The van der Waals surface area contributed by atoms with Gasteiger partial charge >= 0.3 is 0 Å². The minimum absolute atomic E-state index is 0.385. The number of nitrogens with one attached hydrogen (secondary N) is 1. The molecule has 0 bridgehead atoms. The minimum atomic E-state index is -3.41. The lowest BCUT2D eigenvalue weighted by molar-refractivity contribution is 0.576. The van der Waals surface area contributed by atoms with E-state index in [1.54, 1.807) is 6.07 Å². The fourth-order valence-corrected chi connectivity index (χ4v) is 3.78. The Bertz CT molecular complexity index is 709. The molecule has 0 radical (unpaired) electrons. The maximum Gasteiger partial charge on any atom is 0.240 e. The Hall–Kier alpha value is -1.65. The highest BCUT2D eigenvalue weighted by atomic mass is 32.2. The van der Waals surface area contributed by atoms with Crippen molar-refractivity contribution in [2.45, 2.75) is 38.0 Å². The Kier molecular flexibility index (Phi) is 5.75. The van der Waals surface area contributed by atoms with E-state index in [2.05, 4.69) is 16.9 Å². The van der Waals surface area contributed by atoms with Crippen LogP contribution in [0.15, 0.2) is 53.4 Å². The number of benzene rings is 2. The van der Waals surface area contributed by atoms with E-state index in [9.17, 15) is 8.42 Å². The Balaban J connectivity index is 1.84. The molecule has 2 aromatic rings. The summed E-state index contributed by atoms with van der Waals surface area (Å²) in [7, 11) is -3.41. The van der Waals surface area contributed by atoms with E-state index in [1.165, 1.54) is 5.56 Å². The van der Waals surface area contributed by atoms with E-state index in [0.29, 0.717) is 11.4 Å². The van der Waals surface area contributed by atoms with Gasteiger partial charge in [0.2, 0.25) is 10.0 Å². The first-order valence-corrected chi connectivity index (χ1v) is 9.08. The van der Waals surface area contributed by atoms with Crippen LogP contribution in [0.5, 0.6) is 0 Å². The standard InChI is InChI=1S/C18H23NO2S/c1-15-11-12-16(2)18(14-15)22(20,21)19-13-7-6-10-17-8-4-3-5-9-17/h3-5,8-9,11-12,14,19H,6-7,10,13H2,1-2H3. The molecule has 0 aromatic heterocycles. The lowest BCUT2D eigenvalue weighted by Crippen LogP contribution is -2.25. The summed E-state index contributed by atoms with van der Waals surface area (Å²) in [6.45, 7) is 4.20. The van der Waals surface area contributed by atoms with Crippen LogP contribution in [0.2, 0.25) is 0 Å². The SMILES string of the molecule is Cc1ccc(C)c(S(=O)(=O)NCCCCc2ccccc2)c1. The molecule has 0 aliphatic heterocycles. The van der Waals surface area contributed by atoms with Gasteiger partial charge in [0.15, 0.2) is 0 Å². The van der Waals surface area contributed by atoms with Crippen LogP contribution in [0.4, 0.5) is 0 Å². The molecule has 0 amide bonds. The third kappa shape index (κ3) is 4.68. The normalized spacial score (nSPS) is 11.5. The van der Waals surface area contributed by atoms with E-state index in [0.717, 1.165) is 30.4 Å². The van der Waals surface area contributed by atoms with Gasteiger partial charge in [0, 0.05) is 6.54 Å². The van der Waals surface area contributed by atoms with Crippen LogP contribution in [-0.2, 0) is 16.4 Å². The molecule has 4 heteroatoms. The number of hydrogen-bond acceptors (Lipinski definition) is 2. The largest absolute Gasteiger partial charge is 0.240 e. The maximum atomic E-state index is 12.3. The summed E-state index contributed by atoms with van der Waals surface area (Å²) in [6, 6.07) is 15.7. The lowest BCUT2D eigenvalue weighted by atomic mass is 10.1. The van der Waals surface area contributed by atoms with Crippen LogP contribution in [0.1, 0.15) is 29.5 Å². The fourth-order valence-electron chi connectivity index (χ4n) is 2.38. The first kappa shape index (κ1) is 16.7. The van der Waals surface area contributed by atoms with Crippen molar-refractivity contribution in [3.05, 3.63) is 65.2 Å². The summed E-state index contributed by atoms with van der Waals surface area (Å²) in [5, 5.41) is 0. The van der Waals surface area contributed by atoms with Crippen LogP contribution >= 0.6 is 0 Å². The Morgan fingerprint density at radius 1 is 0.955 bits per heavy atom. The van der Waals surface area contributed by atoms with Gasteiger partial charge in [-0.2, -0.15) is 0 Å². The van der Waals surface area contributed by atoms with Crippen molar-refractivity contribution >= 4 is 10.0 Å². The van der Waals surface area contributed by atoms with Crippen LogP contribution in [0.25, 0.3) is 0 Å². The molecule has 3 nitrogen and oxygen atoms in total. The van der Waals surface area contributed by atoms with Gasteiger partial charge < -0.3 is 0 Å². The number of unbranched alkanes of at least 4 members (excludes halogenated alkanes) is 1. The van der Waals surface area contributed by atoms with Crippen LogP contribution in [0, 0.1) is 13.8 Å². The lowest BCUT2D eigenvalue weighted by Gasteiger charge is -2.10. The highest BCUT2D eigenvalue weighted by Crippen LogP contribution is 2.16. The second-order valence-electron chi connectivity index (χ2n) is 5.61. The van der Waals surface area contributed by atoms with Gasteiger partial charge in [-0.25, -0.2) is 13.1 Å². The third-order valence-corrected chi connectivity index (χ3v) is 5.26. The van der Waals surface area contributed by atoms with Crippen molar-refractivity contribution in [3.8, 4) is 0 Å². The zero-order chi connectivity index (χ0) is 16.0. The third-order valence-electron chi connectivity index (χ3n) is 3.66. The van der Waals surface area contributed by atoms with Gasteiger partial charge in [0.05, 0.1) is 4.90 Å². The van der Waals surface area contributed by atoms with Crippen molar-refractivity contribution in [1.82, 2.24) is 4.72 Å². The summed E-state index contributed by atoms with van der Waals surface area (Å²) < 4.78 is 27.4. The number of aryl methyl sites for hydroxylation is 3. The molecule has 0 saturated heterocycles. The molecule has 0 saturated carbocycles. The number of hydrogen-bond donors (Lipinski definition) is 1. The maximum absolute atomic E-state index is 12.3. The first-order valence-electron chi connectivity index (χ1n) is 7.60. The second-order valence-corrected chi connectivity index (χ2v) is 7.34. The summed E-state index contributed by atoms with van der Waals surface area (Å²) in [5.41, 5.74) is 3.03. The van der Waals surface area contributed by atoms with E-state index in [1.807, 2.05) is 44.2 Å². The molecule has 0 unspecified atom stereocenters. The van der Waals surface area contributed by atoms with E-state index < -0.39 is 10.0 Å². The van der Waals surface area contributed by atoms with Crippen molar-refractivity contribution in [3.63, 3.8) is 0 Å². The van der Waals surface area contributed by atoms with Gasteiger partial charge in [0.25, 0.3) is 0 Å². The van der Waals surface area contributed by atoms with Crippen molar-refractivity contribution in [1.29, 1.82) is 0 Å². The molecule has 2 rings (SSSR count). The number of rotatable bonds is 7. The molecule has 0 fully saturated rings. The number of sulfonamides is 1. The van der Waals surface area contributed by atoms with E-state index in [4.69, 9.17) is 0 Å². The molecule has 1 N–H and O–H groups in total. The summed E-state index contributed by atoms with van der Waals surface area (Å²) in [4.78, 5) is 0.385. The van der Waals surface area contributed by atoms with Crippen molar-refractivity contribution in [2.75, 3.05) is 6.54 Å². The average Bonchev–Trinajstić information content (AvgIpc) is 2.50. The van der Waals surface area contributed by atoms with Gasteiger partial charge in [-0.1, -0.05) is 42.5 Å². The first-order chi connectivity index (χ1) is 10.5. The molecular formula is C18H23NO2S. The van der Waals surface area contributed by atoms with Crippen molar-refractivity contribution < 1.29 is 8.42 Å². The molecule has 22 heavy (non-hydrogen) atoms. The molecular weight excluding hydrogens is 294 g/mol. The molecule has 2 aromatic carbocycles. The zero-order valence-corrected chi connectivity index (χ0v) is 14.0. The summed E-state index contributed by atoms with van der Waals surface area (Å²) in [5.74, 6) is 0. The highest BCUT2D eigenvalue weighted by molar-refractivity contribution is 7.89. The quantitative estimate of drug-likeness (QED) is 0.793. The smallest absolute Gasteiger partial charge is 0.211 e. The summed E-state index contributed by atoms with van der Waals surface area (Å²) >= 11 is 0. The molecule has 0 spiro atoms. The fraction of sp³-hybridized carbons (Fsp3) is 0.333. The van der Waals surface area contributed by atoms with Crippen molar-refractivity contribution in [2.24, 2.45) is 0 Å². The second kappa shape index (κ2) is 7.56. The molecule has 0 aliphatic rings. The van der Waals surface area contributed by atoms with Gasteiger partial charge in [-0.05, 0) is 55.9 Å². The van der Waals surface area contributed by atoms with Gasteiger partial charge in [-0.15, -0.1) is 0 Å². The van der Waals surface area contributed by atoms with Gasteiger partial charge in [0.1, 0.15) is 0 Å². The molecule has 0 atom stereocenters. The summed E-state index contributed by atoms with van der Waals surface area (Å²) in [6.07, 6.45) is 2.78. The zero-order valence-electron chi connectivity index (χ0n) is 13.2.